The van der Waals surface area contributed by atoms with E-state index < -0.39 is 0 Å². The SMILES string of the molecule is C=C1C(=O)CC[C@]2(C)C1CC[C@H]2CC. The van der Waals surface area contributed by atoms with Gasteiger partial charge in [0.15, 0.2) is 5.78 Å². The van der Waals surface area contributed by atoms with Crippen molar-refractivity contribution in [1.82, 2.24) is 0 Å². The molecule has 0 aromatic carbocycles. The molecule has 0 N–H and O–H groups in total. The molecule has 0 aliphatic heterocycles. The Hall–Kier alpha value is -0.590. The summed E-state index contributed by atoms with van der Waals surface area (Å²) in [6.45, 7) is 8.65. The predicted octanol–water partition coefficient (Wildman–Crippen LogP) is 3.35. The Bertz CT molecular complexity index is 279. The number of ketones is 1. The van der Waals surface area contributed by atoms with Gasteiger partial charge in [0.1, 0.15) is 0 Å². The molecule has 0 aromatic heterocycles. The van der Waals surface area contributed by atoms with E-state index in [1.54, 1.807) is 0 Å². The van der Waals surface area contributed by atoms with Crippen LogP contribution >= 0.6 is 0 Å². The molecule has 78 valence electrons. The summed E-state index contributed by atoms with van der Waals surface area (Å²) < 4.78 is 0. The summed E-state index contributed by atoms with van der Waals surface area (Å²) in [6.07, 6.45) is 5.58. The van der Waals surface area contributed by atoms with E-state index in [2.05, 4.69) is 20.4 Å². The largest absolute Gasteiger partial charge is 0.295 e. The number of carbonyl (C=O) groups is 1. The second-order valence-corrected chi connectivity index (χ2v) is 5.19. The average Bonchev–Trinajstić information content (AvgIpc) is 2.50. The van der Waals surface area contributed by atoms with E-state index in [0.29, 0.717) is 17.1 Å². The lowest BCUT2D eigenvalue weighted by molar-refractivity contribution is -0.119. The second kappa shape index (κ2) is 3.22. The standard InChI is InChI=1S/C13H20O/c1-4-10-5-6-11-9(2)12(14)7-8-13(10,11)3/h10-11H,2,4-8H2,1,3H3/t10-,11?,13+/m1/s1. The highest BCUT2D eigenvalue weighted by Crippen LogP contribution is 2.56. The second-order valence-electron chi connectivity index (χ2n) is 5.19. The predicted molar refractivity (Wildman–Crippen MR) is 58.0 cm³/mol. The quantitative estimate of drug-likeness (QED) is 0.582. The molecular formula is C13H20O. The van der Waals surface area contributed by atoms with Crippen LogP contribution in [0.4, 0.5) is 0 Å². The van der Waals surface area contributed by atoms with Crippen LogP contribution in [0.2, 0.25) is 0 Å². The zero-order chi connectivity index (χ0) is 10.3. The highest BCUT2D eigenvalue weighted by molar-refractivity contribution is 5.96. The van der Waals surface area contributed by atoms with Crippen LogP contribution in [0.15, 0.2) is 12.2 Å². The summed E-state index contributed by atoms with van der Waals surface area (Å²) in [5.41, 5.74) is 1.31. The van der Waals surface area contributed by atoms with Gasteiger partial charge in [0, 0.05) is 6.42 Å². The first-order valence-electron chi connectivity index (χ1n) is 5.81. The summed E-state index contributed by atoms with van der Waals surface area (Å²) in [7, 11) is 0. The van der Waals surface area contributed by atoms with Crippen LogP contribution in [0.3, 0.4) is 0 Å². The third-order valence-corrected chi connectivity index (χ3v) is 4.69. The number of fused-ring (bicyclic) bond motifs is 1. The van der Waals surface area contributed by atoms with Gasteiger partial charge in [0.25, 0.3) is 0 Å². The first-order chi connectivity index (χ1) is 6.59. The van der Waals surface area contributed by atoms with Crippen LogP contribution in [-0.2, 0) is 4.79 Å². The van der Waals surface area contributed by atoms with Crippen molar-refractivity contribution in [2.24, 2.45) is 17.3 Å². The lowest BCUT2D eigenvalue weighted by Crippen LogP contribution is -2.36. The Kier molecular flexibility index (Phi) is 2.29. The monoisotopic (exact) mass is 192 g/mol. The molecule has 0 aromatic rings. The average molecular weight is 192 g/mol. The van der Waals surface area contributed by atoms with E-state index in [9.17, 15) is 4.79 Å². The van der Waals surface area contributed by atoms with Gasteiger partial charge in [-0.3, -0.25) is 4.79 Å². The van der Waals surface area contributed by atoms with Crippen molar-refractivity contribution in [1.29, 1.82) is 0 Å². The number of Topliss-reactive ketones (excluding diaryl/α,β-unsaturated/α-hetero) is 1. The van der Waals surface area contributed by atoms with Crippen molar-refractivity contribution < 1.29 is 4.79 Å². The van der Waals surface area contributed by atoms with Crippen LogP contribution in [0.25, 0.3) is 0 Å². The Morgan fingerprint density at radius 2 is 2.21 bits per heavy atom. The van der Waals surface area contributed by atoms with Gasteiger partial charge in [-0.1, -0.05) is 26.8 Å². The van der Waals surface area contributed by atoms with Crippen LogP contribution in [0, 0.1) is 17.3 Å². The summed E-state index contributed by atoms with van der Waals surface area (Å²) in [5.74, 6) is 1.63. The van der Waals surface area contributed by atoms with Crippen molar-refractivity contribution in [2.45, 2.75) is 46.0 Å². The van der Waals surface area contributed by atoms with Crippen LogP contribution in [0.1, 0.15) is 46.0 Å². The van der Waals surface area contributed by atoms with E-state index in [1.165, 1.54) is 19.3 Å². The molecule has 14 heavy (non-hydrogen) atoms. The molecule has 2 fully saturated rings. The third kappa shape index (κ3) is 1.18. The van der Waals surface area contributed by atoms with Crippen molar-refractivity contribution in [3.8, 4) is 0 Å². The molecule has 1 nitrogen and oxygen atoms in total. The third-order valence-electron chi connectivity index (χ3n) is 4.69. The van der Waals surface area contributed by atoms with Gasteiger partial charge in [0.2, 0.25) is 0 Å². The van der Waals surface area contributed by atoms with Gasteiger partial charge in [-0.15, -0.1) is 0 Å². The molecule has 3 atom stereocenters. The van der Waals surface area contributed by atoms with E-state index in [4.69, 9.17) is 0 Å². The molecule has 1 heteroatoms. The summed E-state index contributed by atoms with van der Waals surface area (Å²) in [4.78, 5) is 11.6. The van der Waals surface area contributed by atoms with Crippen molar-refractivity contribution in [3.63, 3.8) is 0 Å². The number of rotatable bonds is 1. The topological polar surface area (TPSA) is 17.1 Å². The molecule has 1 unspecified atom stereocenters. The lowest BCUT2D eigenvalue weighted by atomic mass is 9.63. The summed E-state index contributed by atoms with van der Waals surface area (Å²) >= 11 is 0. The first-order valence-corrected chi connectivity index (χ1v) is 5.81. The van der Waals surface area contributed by atoms with Gasteiger partial charge in [0.05, 0.1) is 0 Å². The Morgan fingerprint density at radius 3 is 2.86 bits per heavy atom. The summed E-state index contributed by atoms with van der Waals surface area (Å²) in [5, 5.41) is 0. The molecular weight excluding hydrogens is 172 g/mol. The van der Waals surface area contributed by atoms with E-state index >= 15 is 0 Å². The maximum absolute atomic E-state index is 11.6. The fraction of sp³-hybridized carbons (Fsp3) is 0.769. The van der Waals surface area contributed by atoms with Gasteiger partial charge in [-0.25, -0.2) is 0 Å². The number of hydrogen-bond donors (Lipinski definition) is 0. The van der Waals surface area contributed by atoms with Gasteiger partial charge < -0.3 is 0 Å². The zero-order valence-electron chi connectivity index (χ0n) is 9.31. The van der Waals surface area contributed by atoms with E-state index in [0.717, 1.165) is 24.3 Å². The maximum Gasteiger partial charge on any atom is 0.158 e. The number of carbonyl (C=O) groups excluding carboxylic acids is 1. The Balaban J connectivity index is 2.28. The smallest absolute Gasteiger partial charge is 0.158 e. The van der Waals surface area contributed by atoms with Crippen LogP contribution in [0.5, 0.6) is 0 Å². The fourth-order valence-corrected chi connectivity index (χ4v) is 3.67. The maximum atomic E-state index is 11.6. The van der Waals surface area contributed by atoms with Crippen molar-refractivity contribution in [2.75, 3.05) is 0 Å². The van der Waals surface area contributed by atoms with E-state index in [-0.39, 0.29) is 0 Å². The zero-order valence-corrected chi connectivity index (χ0v) is 9.31. The molecule has 2 rings (SSSR count). The Labute approximate surface area is 86.6 Å². The molecule has 2 aliphatic carbocycles. The van der Waals surface area contributed by atoms with Crippen LogP contribution in [-0.4, -0.2) is 5.78 Å². The minimum atomic E-state index is 0.323. The molecule has 0 amide bonds. The molecule has 2 aliphatic rings. The molecule has 0 heterocycles. The Morgan fingerprint density at radius 1 is 1.50 bits per heavy atom. The minimum absolute atomic E-state index is 0.323. The van der Waals surface area contributed by atoms with Gasteiger partial charge in [-0.2, -0.15) is 0 Å². The summed E-state index contributed by atoms with van der Waals surface area (Å²) in [6, 6.07) is 0. The first kappa shape index (κ1) is 9.95. The molecule has 2 saturated carbocycles. The van der Waals surface area contributed by atoms with Gasteiger partial charge in [-0.05, 0) is 42.1 Å². The normalized spacial score (nSPS) is 42.7. The number of allylic oxidation sites excluding steroid dienone is 1. The number of hydrogen-bond acceptors (Lipinski definition) is 1. The van der Waals surface area contributed by atoms with Crippen molar-refractivity contribution in [3.05, 3.63) is 12.2 Å². The van der Waals surface area contributed by atoms with E-state index in [1.807, 2.05) is 0 Å². The molecule has 0 spiro atoms. The molecule has 0 radical (unpaired) electrons. The van der Waals surface area contributed by atoms with Gasteiger partial charge >= 0.3 is 0 Å². The lowest BCUT2D eigenvalue weighted by Gasteiger charge is -2.41. The highest BCUT2D eigenvalue weighted by Gasteiger charge is 2.49. The van der Waals surface area contributed by atoms with Crippen LogP contribution < -0.4 is 0 Å². The molecule has 0 bridgehead atoms. The highest BCUT2D eigenvalue weighted by atomic mass is 16.1. The molecule has 0 saturated heterocycles. The minimum Gasteiger partial charge on any atom is -0.295 e. The van der Waals surface area contributed by atoms with Crippen molar-refractivity contribution >= 4 is 5.78 Å². The fourth-order valence-electron chi connectivity index (χ4n) is 3.67.